The predicted molar refractivity (Wildman–Crippen MR) is 80.1 cm³/mol. The van der Waals surface area contributed by atoms with Crippen LogP contribution in [0, 0.1) is 5.92 Å². The van der Waals surface area contributed by atoms with E-state index in [2.05, 4.69) is 5.32 Å². The zero-order valence-corrected chi connectivity index (χ0v) is 12.4. The average molecular weight is 307 g/mol. The van der Waals surface area contributed by atoms with Gasteiger partial charge in [-0.3, -0.25) is 4.79 Å². The lowest BCUT2D eigenvalue weighted by Gasteiger charge is -2.21. The van der Waals surface area contributed by atoms with Crippen LogP contribution in [0.5, 0.6) is 5.75 Å². The van der Waals surface area contributed by atoms with Crippen LogP contribution in [0.4, 0.5) is 0 Å². The normalized spacial score (nSPS) is 17.7. The molecule has 0 bridgehead atoms. The van der Waals surface area contributed by atoms with Gasteiger partial charge in [-0.15, -0.1) is 0 Å². The second-order valence-electron chi connectivity index (χ2n) is 5.32. The number of carboxylic acid groups (broad SMARTS) is 1. The van der Waals surface area contributed by atoms with Gasteiger partial charge in [0.05, 0.1) is 12.1 Å². The summed E-state index contributed by atoms with van der Waals surface area (Å²) >= 11 is 0. The zero-order chi connectivity index (χ0) is 15.8. The lowest BCUT2D eigenvalue weighted by molar-refractivity contribution is -0.123. The first-order valence-electron chi connectivity index (χ1n) is 7.46. The Kier molecular flexibility index (Phi) is 6.21. The maximum absolute atomic E-state index is 11.8. The highest BCUT2D eigenvalue weighted by Crippen LogP contribution is 2.16. The van der Waals surface area contributed by atoms with Gasteiger partial charge >= 0.3 is 5.97 Å². The third-order valence-electron chi connectivity index (χ3n) is 3.50. The first kappa shape index (κ1) is 16.3. The van der Waals surface area contributed by atoms with Gasteiger partial charge in [0.25, 0.3) is 0 Å². The number of carboxylic acids is 1. The Hall–Kier alpha value is -2.08. The van der Waals surface area contributed by atoms with E-state index in [9.17, 15) is 9.59 Å². The first-order chi connectivity index (χ1) is 10.6. The van der Waals surface area contributed by atoms with Crippen LogP contribution in [-0.4, -0.2) is 43.3 Å². The fourth-order valence-electron chi connectivity index (χ4n) is 2.38. The molecule has 2 N–H and O–H groups in total. The molecule has 2 rings (SSSR count). The molecule has 0 unspecified atom stereocenters. The van der Waals surface area contributed by atoms with Crippen molar-refractivity contribution in [2.24, 2.45) is 5.92 Å². The standard InChI is InChI=1S/C16H21NO5/c18-15(9-12-3-2-7-21-11-12)17-6-8-22-14-5-1-4-13(10-14)16(19)20/h1,4-5,10,12H,2-3,6-9,11H2,(H,17,18)(H,19,20)/t12-/m1/s1. The van der Waals surface area contributed by atoms with E-state index in [1.165, 1.54) is 12.1 Å². The van der Waals surface area contributed by atoms with E-state index in [0.29, 0.717) is 37.8 Å². The molecule has 1 heterocycles. The van der Waals surface area contributed by atoms with Crippen molar-refractivity contribution in [3.63, 3.8) is 0 Å². The summed E-state index contributed by atoms with van der Waals surface area (Å²) in [7, 11) is 0. The molecule has 1 aliphatic rings. The van der Waals surface area contributed by atoms with Crippen molar-refractivity contribution in [1.29, 1.82) is 0 Å². The minimum atomic E-state index is -0.992. The molecule has 120 valence electrons. The summed E-state index contributed by atoms with van der Waals surface area (Å²) in [6.45, 7) is 2.15. The van der Waals surface area contributed by atoms with Crippen LogP contribution in [0.15, 0.2) is 24.3 Å². The van der Waals surface area contributed by atoms with Crippen molar-refractivity contribution in [1.82, 2.24) is 5.32 Å². The smallest absolute Gasteiger partial charge is 0.335 e. The van der Waals surface area contributed by atoms with Gasteiger partial charge in [-0.25, -0.2) is 4.79 Å². The van der Waals surface area contributed by atoms with Gasteiger partial charge < -0.3 is 19.9 Å². The van der Waals surface area contributed by atoms with Gasteiger partial charge in [0.1, 0.15) is 12.4 Å². The van der Waals surface area contributed by atoms with Gasteiger partial charge in [0.15, 0.2) is 0 Å². The number of nitrogens with one attached hydrogen (secondary N) is 1. The summed E-state index contributed by atoms with van der Waals surface area (Å²) < 4.78 is 10.8. The molecule has 1 amide bonds. The first-order valence-corrected chi connectivity index (χ1v) is 7.46. The molecule has 1 aromatic rings. The molecule has 0 aliphatic carbocycles. The summed E-state index contributed by atoms with van der Waals surface area (Å²) in [5, 5.41) is 11.7. The largest absolute Gasteiger partial charge is 0.492 e. The predicted octanol–water partition coefficient (Wildman–Crippen LogP) is 1.70. The Balaban J connectivity index is 1.65. The van der Waals surface area contributed by atoms with Crippen LogP contribution in [-0.2, 0) is 9.53 Å². The lowest BCUT2D eigenvalue weighted by Crippen LogP contribution is -2.31. The molecule has 22 heavy (non-hydrogen) atoms. The average Bonchev–Trinajstić information content (AvgIpc) is 2.53. The van der Waals surface area contributed by atoms with Crippen molar-refractivity contribution in [3.8, 4) is 5.75 Å². The van der Waals surface area contributed by atoms with E-state index in [0.717, 1.165) is 19.4 Å². The Morgan fingerprint density at radius 1 is 1.41 bits per heavy atom. The molecule has 1 saturated heterocycles. The minimum absolute atomic E-state index is 0.00149. The molecule has 1 aromatic carbocycles. The van der Waals surface area contributed by atoms with E-state index in [1.807, 2.05) is 0 Å². The van der Waals surface area contributed by atoms with Crippen LogP contribution in [0.25, 0.3) is 0 Å². The van der Waals surface area contributed by atoms with Crippen LogP contribution in [0.2, 0.25) is 0 Å². The highest BCUT2D eigenvalue weighted by Gasteiger charge is 2.17. The number of aromatic carboxylic acids is 1. The number of ether oxygens (including phenoxy) is 2. The number of carbonyl (C=O) groups excluding carboxylic acids is 1. The Labute approximate surface area is 129 Å². The highest BCUT2D eigenvalue weighted by atomic mass is 16.5. The van der Waals surface area contributed by atoms with Crippen molar-refractivity contribution in [3.05, 3.63) is 29.8 Å². The van der Waals surface area contributed by atoms with E-state index in [-0.39, 0.29) is 11.5 Å². The maximum Gasteiger partial charge on any atom is 0.335 e. The fraction of sp³-hybridized carbons (Fsp3) is 0.500. The maximum atomic E-state index is 11.8. The van der Waals surface area contributed by atoms with Gasteiger partial charge in [-0.05, 0) is 37.0 Å². The molecule has 0 aromatic heterocycles. The quantitative estimate of drug-likeness (QED) is 0.749. The minimum Gasteiger partial charge on any atom is -0.492 e. The van der Waals surface area contributed by atoms with Gasteiger partial charge in [-0.2, -0.15) is 0 Å². The molecule has 1 atom stereocenters. The van der Waals surface area contributed by atoms with E-state index in [1.54, 1.807) is 12.1 Å². The molecule has 1 aliphatic heterocycles. The molecule has 0 saturated carbocycles. The molecule has 0 radical (unpaired) electrons. The molecular weight excluding hydrogens is 286 g/mol. The van der Waals surface area contributed by atoms with Crippen LogP contribution in [0.3, 0.4) is 0 Å². The van der Waals surface area contributed by atoms with Crippen molar-refractivity contribution < 1.29 is 24.2 Å². The number of benzene rings is 1. The monoisotopic (exact) mass is 307 g/mol. The number of hydrogen-bond acceptors (Lipinski definition) is 4. The van der Waals surface area contributed by atoms with Crippen molar-refractivity contribution >= 4 is 11.9 Å². The second-order valence-corrected chi connectivity index (χ2v) is 5.32. The van der Waals surface area contributed by atoms with Gasteiger partial charge in [0.2, 0.25) is 5.91 Å². The van der Waals surface area contributed by atoms with E-state index >= 15 is 0 Å². The summed E-state index contributed by atoms with van der Waals surface area (Å²) in [4.78, 5) is 22.6. The fourth-order valence-corrected chi connectivity index (χ4v) is 2.38. The zero-order valence-electron chi connectivity index (χ0n) is 12.4. The van der Waals surface area contributed by atoms with E-state index < -0.39 is 5.97 Å². The van der Waals surface area contributed by atoms with Crippen LogP contribution in [0.1, 0.15) is 29.6 Å². The number of rotatable bonds is 7. The summed E-state index contributed by atoms with van der Waals surface area (Å²) in [5.74, 6) is -0.205. The molecule has 0 spiro atoms. The Morgan fingerprint density at radius 3 is 3.00 bits per heavy atom. The molecule has 1 fully saturated rings. The molecule has 6 heteroatoms. The Bertz CT molecular complexity index is 511. The number of amides is 1. The van der Waals surface area contributed by atoms with Gasteiger partial charge in [-0.1, -0.05) is 6.07 Å². The van der Waals surface area contributed by atoms with Crippen LogP contribution < -0.4 is 10.1 Å². The van der Waals surface area contributed by atoms with Crippen molar-refractivity contribution in [2.45, 2.75) is 19.3 Å². The third kappa shape index (κ3) is 5.37. The SMILES string of the molecule is O=C(C[C@H]1CCCOC1)NCCOc1cccc(C(=O)O)c1. The summed E-state index contributed by atoms with van der Waals surface area (Å²) in [6.07, 6.45) is 2.53. The topological polar surface area (TPSA) is 84.9 Å². The Morgan fingerprint density at radius 2 is 2.27 bits per heavy atom. The third-order valence-corrected chi connectivity index (χ3v) is 3.50. The van der Waals surface area contributed by atoms with E-state index in [4.69, 9.17) is 14.6 Å². The second kappa shape index (κ2) is 8.38. The molecular formula is C16H21NO5. The summed E-state index contributed by atoms with van der Waals surface area (Å²) in [5.41, 5.74) is 0.179. The van der Waals surface area contributed by atoms with Crippen LogP contribution >= 0.6 is 0 Å². The summed E-state index contributed by atoms with van der Waals surface area (Å²) in [6, 6.07) is 6.28. The van der Waals surface area contributed by atoms with Crippen molar-refractivity contribution in [2.75, 3.05) is 26.4 Å². The highest BCUT2D eigenvalue weighted by molar-refractivity contribution is 5.88. The molecule has 6 nitrogen and oxygen atoms in total. The lowest BCUT2D eigenvalue weighted by atomic mass is 9.98. The van der Waals surface area contributed by atoms with Gasteiger partial charge in [0, 0.05) is 19.6 Å². The number of carbonyl (C=O) groups is 2. The number of hydrogen-bond donors (Lipinski definition) is 2.